The third-order valence-electron chi connectivity index (χ3n) is 1.77. The summed E-state index contributed by atoms with van der Waals surface area (Å²) in [4.78, 5) is 13.4. The zero-order chi connectivity index (χ0) is 12.1. The Balaban J connectivity index is 4.02. The maximum atomic E-state index is 11.3. The number of carbonyl (C=O) groups excluding carboxylic acids is 1. The Morgan fingerprint density at radius 3 is 2.33 bits per heavy atom. The third kappa shape index (κ3) is 7.14. The molecule has 3 heteroatoms. The van der Waals surface area contributed by atoms with Crippen LogP contribution < -0.4 is 0 Å². The van der Waals surface area contributed by atoms with Crippen molar-refractivity contribution in [3.63, 3.8) is 0 Å². The highest BCUT2D eigenvalue weighted by molar-refractivity contribution is 5.88. The summed E-state index contributed by atoms with van der Waals surface area (Å²) in [5.74, 6) is -0.293. The Hall–Kier alpha value is -0.830. The molecule has 0 atom stereocenters. The van der Waals surface area contributed by atoms with E-state index in [1.807, 2.05) is 7.05 Å². The van der Waals surface area contributed by atoms with E-state index >= 15 is 0 Å². The molecule has 0 bridgehead atoms. The summed E-state index contributed by atoms with van der Waals surface area (Å²) in [5, 5.41) is 0. The zero-order valence-corrected chi connectivity index (χ0v) is 10.6. The molecular weight excluding hydrogens is 190 g/mol. The monoisotopic (exact) mass is 213 g/mol. The molecule has 0 aliphatic rings. The summed E-state index contributed by atoms with van der Waals surface area (Å²) >= 11 is 0. The van der Waals surface area contributed by atoms with Gasteiger partial charge in [0, 0.05) is 18.7 Å². The van der Waals surface area contributed by atoms with Gasteiger partial charge in [0.2, 0.25) is 0 Å². The Kier molecular flexibility index (Phi) is 5.58. The number of esters is 1. The van der Waals surface area contributed by atoms with Gasteiger partial charge in [0.25, 0.3) is 0 Å². The summed E-state index contributed by atoms with van der Waals surface area (Å²) in [6, 6.07) is 0. The lowest BCUT2D eigenvalue weighted by molar-refractivity contribution is -0.138. The Morgan fingerprint density at radius 2 is 1.93 bits per heavy atom. The van der Waals surface area contributed by atoms with E-state index in [1.165, 1.54) is 0 Å². The van der Waals surface area contributed by atoms with Crippen LogP contribution in [0.2, 0.25) is 0 Å². The second-order valence-corrected chi connectivity index (χ2v) is 5.06. The first-order valence-electron chi connectivity index (χ1n) is 5.29. The number of carbonyl (C=O) groups is 1. The molecule has 0 N–H and O–H groups in total. The van der Waals surface area contributed by atoms with Gasteiger partial charge in [-0.15, -0.1) is 0 Å². The summed E-state index contributed by atoms with van der Waals surface area (Å²) < 4.78 is 4.87. The van der Waals surface area contributed by atoms with Crippen LogP contribution >= 0.6 is 0 Å². The average Bonchev–Trinajstić information content (AvgIpc) is 2.00. The second-order valence-electron chi connectivity index (χ2n) is 5.06. The summed E-state index contributed by atoms with van der Waals surface area (Å²) in [6.07, 6.45) is 0. The number of hydrogen-bond acceptors (Lipinski definition) is 3. The van der Waals surface area contributed by atoms with Crippen molar-refractivity contribution in [1.29, 1.82) is 0 Å². The quantitative estimate of drug-likeness (QED) is 0.517. The molecule has 0 rings (SSSR count). The van der Waals surface area contributed by atoms with Gasteiger partial charge in [-0.3, -0.25) is 0 Å². The maximum Gasteiger partial charge on any atom is 0.334 e. The van der Waals surface area contributed by atoms with E-state index in [0.29, 0.717) is 18.7 Å². The van der Waals surface area contributed by atoms with E-state index in [1.54, 1.807) is 6.92 Å². The molecule has 0 heterocycles. The zero-order valence-electron chi connectivity index (χ0n) is 10.6. The lowest BCUT2D eigenvalue weighted by Crippen LogP contribution is -2.32. The van der Waals surface area contributed by atoms with Gasteiger partial charge >= 0.3 is 5.97 Å². The molecule has 0 saturated heterocycles. The van der Waals surface area contributed by atoms with Crippen LogP contribution in [0, 0.1) is 5.41 Å². The summed E-state index contributed by atoms with van der Waals surface area (Å²) in [5.41, 5.74) is 0.743. The van der Waals surface area contributed by atoms with Crippen LogP contribution in [-0.4, -0.2) is 37.6 Å². The van der Waals surface area contributed by atoms with Crippen LogP contribution in [0.3, 0.4) is 0 Å². The molecule has 15 heavy (non-hydrogen) atoms. The van der Waals surface area contributed by atoms with Crippen molar-refractivity contribution in [3.05, 3.63) is 12.2 Å². The minimum absolute atomic E-state index is 0.226. The van der Waals surface area contributed by atoms with E-state index in [2.05, 4.69) is 32.3 Å². The smallest absolute Gasteiger partial charge is 0.334 e. The van der Waals surface area contributed by atoms with Crippen LogP contribution in [-0.2, 0) is 9.53 Å². The number of ether oxygens (including phenoxy) is 1. The fourth-order valence-corrected chi connectivity index (χ4v) is 1.49. The van der Waals surface area contributed by atoms with E-state index in [0.717, 1.165) is 6.54 Å². The molecule has 0 aromatic carbocycles. The molecule has 0 aromatic heterocycles. The summed E-state index contributed by atoms with van der Waals surface area (Å²) in [7, 11) is 1.98. The van der Waals surface area contributed by atoms with Crippen molar-refractivity contribution in [2.45, 2.75) is 27.7 Å². The minimum atomic E-state index is -0.293. The van der Waals surface area contributed by atoms with Gasteiger partial charge in [-0.2, -0.15) is 0 Å². The fourth-order valence-electron chi connectivity index (χ4n) is 1.49. The SMILES string of the molecule is C=C(CN(C)CC(C)(C)C)C(=O)OCC. The number of rotatable bonds is 5. The Bertz CT molecular complexity index is 228. The van der Waals surface area contributed by atoms with Crippen molar-refractivity contribution in [1.82, 2.24) is 4.90 Å². The van der Waals surface area contributed by atoms with Gasteiger partial charge in [0.05, 0.1) is 6.61 Å². The van der Waals surface area contributed by atoms with Gasteiger partial charge in [-0.1, -0.05) is 27.4 Å². The van der Waals surface area contributed by atoms with E-state index in [-0.39, 0.29) is 11.4 Å². The number of nitrogens with zero attached hydrogens (tertiary/aromatic N) is 1. The highest BCUT2D eigenvalue weighted by atomic mass is 16.5. The van der Waals surface area contributed by atoms with Gasteiger partial charge in [-0.25, -0.2) is 4.79 Å². The molecule has 0 unspecified atom stereocenters. The highest BCUT2D eigenvalue weighted by Crippen LogP contribution is 2.14. The molecule has 0 saturated carbocycles. The van der Waals surface area contributed by atoms with Crippen LogP contribution in [0.4, 0.5) is 0 Å². The fraction of sp³-hybridized carbons (Fsp3) is 0.750. The molecule has 0 aliphatic carbocycles. The van der Waals surface area contributed by atoms with Crippen molar-refractivity contribution in [2.75, 3.05) is 26.7 Å². The third-order valence-corrected chi connectivity index (χ3v) is 1.77. The summed E-state index contributed by atoms with van der Waals surface area (Å²) in [6.45, 7) is 13.9. The molecule has 0 amide bonds. The largest absolute Gasteiger partial charge is 0.463 e. The van der Waals surface area contributed by atoms with Gasteiger partial charge in [0.1, 0.15) is 0 Å². The first-order valence-corrected chi connectivity index (χ1v) is 5.29. The van der Waals surface area contributed by atoms with Crippen LogP contribution in [0.15, 0.2) is 12.2 Å². The molecule has 3 nitrogen and oxygen atoms in total. The maximum absolute atomic E-state index is 11.3. The van der Waals surface area contributed by atoms with E-state index in [9.17, 15) is 4.79 Å². The van der Waals surface area contributed by atoms with Crippen molar-refractivity contribution in [2.24, 2.45) is 5.41 Å². The lowest BCUT2D eigenvalue weighted by atomic mass is 9.96. The standard InChI is InChI=1S/C12H23NO2/c1-7-15-11(14)10(2)8-13(6)9-12(3,4)5/h2,7-9H2,1,3-6H3. The Labute approximate surface area is 93.1 Å². The average molecular weight is 213 g/mol. The van der Waals surface area contributed by atoms with Gasteiger partial charge in [0.15, 0.2) is 0 Å². The number of hydrogen-bond donors (Lipinski definition) is 0. The Morgan fingerprint density at radius 1 is 1.40 bits per heavy atom. The minimum Gasteiger partial charge on any atom is -0.463 e. The van der Waals surface area contributed by atoms with Crippen LogP contribution in [0.25, 0.3) is 0 Å². The highest BCUT2D eigenvalue weighted by Gasteiger charge is 2.16. The first-order chi connectivity index (χ1) is 6.76. The number of likely N-dealkylation sites (N-methyl/N-ethyl adjacent to an activating group) is 1. The normalized spacial score (nSPS) is 11.6. The second kappa shape index (κ2) is 5.91. The molecule has 0 spiro atoms. The molecule has 0 aliphatic heterocycles. The van der Waals surface area contributed by atoms with E-state index < -0.39 is 0 Å². The van der Waals surface area contributed by atoms with E-state index in [4.69, 9.17) is 4.74 Å². The topological polar surface area (TPSA) is 29.5 Å². The lowest BCUT2D eigenvalue weighted by Gasteiger charge is -2.26. The van der Waals surface area contributed by atoms with Gasteiger partial charge < -0.3 is 9.64 Å². The van der Waals surface area contributed by atoms with Gasteiger partial charge in [-0.05, 0) is 19.4 Å². The van der Waals surface area contributed by atoms with Crippen molar-refractivity contribution >= 4 is 5.97 Å². The van der Waals surface area contributed by atoms with Crippen molar-refractivity contribution < 1.29 is 9.53 Å². The molecule has 0 radical (unpaired) electrons. The predicted molar refractivity (Wildman–Crippen MR) is 62.7 cm³/mol. The molecule has 88 valence electrons. The molecular formula is C12H23NO2. The van der Waals surface area contributed by atoms with Crippen LogP contribution in [0.1, 0.15) is 27.7 Å². The van der Waals surface area contributed by atoms with Crippen molar-refractivity contribution in [3.8, 4) is 0 Å². The predicted octanol–water partition coefficient (Wildman–Crippen LogP) is 2.08. The van der Waals surface area contributed by atoms with Crippen LogP contribution in [0.5, 0.6) is 0 Å². The molecule has 0 fully saturated rings. The molecule has 0 aromatic rings. The first kappa shape index (κ1) is 14.2.